The summed E-state index contributed by atoms with van der Waals surface area (Å²) in [6.07, 6.45) is 3.42. The molecule has 0 saturated heterocycles. The smallest absolute Gasteiger partial charge is 0.295 e. The Morgan fingerprint density at radius 1 is 0.639 bits per heavy atom. The number of aromatic nitrogens is 2. The van der Waals surface area contributed by atoms with Crippen molar-refractivity contribution in [1.82, 2.24) is 9.97 Å². The number of nitrogens with zero attached hydrogens (tertiary/aromatic N) is 2. The fraction of sp³-hybridized carbons (Fsp3) is 0.0968. The minimum absolute atomic E-state index is 0. The number of pyridine rings is 2. The van der Waals surface area contributed by atoms with Crippen LogP contribution in [0.2, 0.25) is 0 Å². The van der Waals surface area contributed by atoms with E-state index in [0.29, 0.717) is 27.9 Å². The molecule has 0 aliphatic heterocycles. The van der Waals surface area contributed by atoms with Gasteiger partial charge in [-0.15, -0.1) is 23.3 Å². The second-order valence-electron chi connectivity index (χ2n) is 8.89. The molecule has 5 rings (SSSR count). The average Bonchev–Trinajstić information content (AvgIpc) is 2.89. The van der Waals surface area contributed by atoms with E-state index in [-0.39, 0.29) is 26.5 Å². The van der Waals surface area contributed by atoms with E-state index >= 15 is 0 Å². The molecule has 0 unspecified atom stereocenters. The van der Waals surface area contributed by atoms with E-state index < -0.39 is 11.6 Å². The van der Waals surface area contributed by atoms with Crippen molar-refractivity contribution in [3.63, 3.8) is 0 Å². The SMILES string of the molecule is CC(C)(c1cccc(-c2[c-]c(-c3[c-]c(-c4ccccn4)cc(F)c3)cc(F)c2)c1)c1ccccn1.[Pt+2]. The molecule has 0 radical (unpaired) electrons. The van der Waals surface area contributed by atoms with Crippen molar-refractivity contribution in [3.05, 3.63) is 132 Å². The van der Waals surface area contributed by atoms with Crippen LogP contribution >= 0.6 is 0 Å². The maximum Gasteiger partial charge on any atom is 2.00 e. The van der Waals surface area contributed by atoms with Crippen LogP contribution < -0.4 is 0 Å². The Kier molecular flexibility index (Phi) is 7.56. The third-order valence-electron chi connectivity index (χ3n) is 6.10. The number of hydrogen-bond acceptors (Lipinski definition) is 2. The number of halogens is 2. The molecule has 0 atom stereocenters. The topological polar surface area (TPSA) is 25.8 Å². The summed E-state index contributed by atoms with van der Waals surface area (Å²) >= 11 is 0. The maximum absolute atomic E-state index is 14.8. The largest absolute Gasteiger partial charge is 2.00 e. The average molecular weight is 656 g/mol. The van der Waals surface area contributed by atoms with Gasteiger partial charge < -0.3 is 0 Å². The quantitative estimate of drug-likeness (QED) is 0.182. The van der Waals surface area contributed by atoms with E-state index in [9.17, 15) is 8.78 Å². The zero-order valence-corrected chi connectivity index (χ0v) is 22.0. The van der Waals surface area contributed by atoms with Gasteiger partial charge in [0.2, 0.25) is 0 Å². The van der Waals surface area contributed by atoms with Gasteiger partial charge >= 0.3 is 21.1 Å². The first-order valence-corrected chi connectivity index (χ1v) is 11.3. The number of benzene rings is 3. The molecule has 36 heavy (non-hydrogen) atoms. The molecule has 2 heterocycles. The number of hydrogen-bond donors (Lipinski definition) is 0. The summed E-state index contributed by atoms with van der Waals surface area (Å²) in [5.74, 6) is -0.877. The van der Waals surface area contributed by atoms with Crippen LogP contribution in [0, 0.1) is 23.8 Å². The van der Waals surface area contributed by atoms with E-state index in [1.54, 1.807) is 24.5 Å². The van der Waals surface area contributed by atoms with E-state index in [4.69, 9.17) is 0 Å². The first-order chi connectivity index (χ1) is 16.9. The van der Waals surface area contributed by atoms with E-state index in [2.05, 4.69) is 35.9 Å². The molecule has 0 saturated carbocycles. The molecule has 0 bridgehead atoms. The van der Waals surface area contributed by atoms with Gasteiger partial charge in [0, 0.05) is 23.5 Å². The summed E-state index contributed by atoms with van der Waals surface area (Å²) in [7, 11) is 0. The van der Waals surface area contributed by atoms with Crippen LogP contribution in [0.1, 0.15) is 25.1 Å². The first kappa shape index (κ1) is 25.6. The predicted molar refractivity (Wildman–Crippen MR) is 134 cm³/mol. The Morgan fingerprint density at radius 2 is 1.25 bits per heavy atom. The van der Waals surface area contributed by atoms with Crippen molar-refractivity contribution in [1.29, 1.82) is 0 Å². The summed E-state index contributed by atoms with van der Waals surface area (Å²) in [6.45, 7) is 4.21. The van der Waals surface area contributed by atoms with Gasteiger partial charge in [0.1, 0.15) is 0 Å². The third-order valence-corrected chi connectivity index (χ3v) is 6.10. The zero-order chi connectivity index (χ0) is 24.4. The minimum atomic E-state index is -0.447. The molecule has 0 fully saturated rings. The molecule has 0 spiro atoms. The van der Waals surface area contributed by atoms with Gasteiger partial charge in [-0.25, -0.2) is 8.78 Å². The summed E-state index contributed by atoms with van der Waals surface area (Å²) in [5, 5.41) is 0. The molecule has 180 valence electrons. The van der Waals surface area contributed by atoms with Crippen molar-refractivity contribution < 1.29 is 29.8 Å². The van der Waals surface area contributed by atoms with Crippen molar-refractivity contribution >= 4 is 0 Å². The Balaban J connectivity index is 0.00000304. The second kappa shape index (κ2) is 10.6. The van der Waals surface area contributed by atoms with E-state index in [0.717, 1.165) is 16.8 Å². The Hall–Kier alpha value is -3.49. The van der Waals surface area contributed by atoms with Gasteiger partial charge in [-0.05, 0) is 23.8 Å². The fourth-order valence-electron chi connectivity index (χ4n) is 4.13. The van der Waals surface area contributed by atoms with Gasteiger partial charge in [0.05, 0.1) is 17.3 Å². The molecule has 0 N–H and O–H groups in total. The van der Waals surface area contributed by atoms with Crippen LogP contribution in [-0.2, 0) is 26.5 Å². The molecule has 3 aromatic carbocycles. The normalized spacial score (nSPS) is 11.1. The summed E-state index contributed by atoms with van der Waals surface area (Å²) < 4.78 is 29.3. The van der Waals surface area contributed by atoms with Crippen LogP contribution in [0.25, 0.3) is 33.5 Å². The second-order valence-corrected chi connectivity index (χ2v) is 8.89. The van der Waals surface area contributed by atoms with Crippen LogP contribution in [-0.4, -0.2) is 9.97 Å². The van der Waals surface area contributed by atoms with E-state index in [1.807, 2.05) is 48.5 Å². The summed E-state index contributed by atoms with van der Waals surface area (Å²) in [5.41, 5.74) is 4.96. The maximum atomic E-state index is 14.8. The molecule has 0 aliphatic rings. The van der Waals surface area contributed by atoms with E-state index in [1.165, 1.54) is 24.3 Å². The molecule has 2 aromatic heterocycles. The van der Waals surface area contributed by atoms with Crippen LogP contribution in [0.4, 0.5) is 8.78 Å². The van der Waals surface area contributed by atoms with Gasteiger partial charge in [-0.3, -0.25) is 9.97 Å². The standard InChI is InChI=1S/C31H22F2N2.Pt/c1-31(2,30-11-4-6-13-35-30)26-9-7-8-21(16-26)22-14-23(18-27(32)17-22)24-15-25(20-28(33)19-24)29-10-3-5-12-34-29;/h3-13,16-20H,1-2H3;/q-2;+2. The fourth-order valence-corrected chi connectivity index (χ4v) is 4.13. The van der Waals surface area contributed by atoms with Crippen molar-refractivity contribution in [3.8, 4) is 33.5 Å². The predicted octanol–water partition coefficient (Wildman–Crippen LogP) is 7.68. The molecular formula is C31H22F2N2Pt. The van der Waals surface area contributed by atoms with Crippen LogP contribution in [0.15, 0.2) is 97.3 Å². The van der Waals surface area contributed by atoms with Gasteiger partial charge in [0.25, 0.3) is 0 Å². The zero-order valence-electron chi connectivity index (χ0n) is 19.7. The van der Waals surface area contributed by atoms with Crippen molar-refractivity contribution in [2.45, 2.75) is 19.3 Å². The monoisotopic (exact) mass is 655 g/mol. The molecule has 5 heteroatoms. The Morgan fingerprint density at radius 3 is 1.89 bits per heavy atom. The molecule has 2 nitrogen and oxygen atoms in total. The van der Waals surface area contributed by atoms with Gasteiger partial charge in [0.15, 0.2) is 0 Å². The Bertz CT molecular complexity index is 1490. The summed E-state index contributed by atoms with van der Waals surface area (Å²) in [6, 6.07) is 31.1. The third kappa shape index (κ3) is 5.34. The molecule has 5 aromatic rings. The Labute approximate surface area is 224 Å². The van der Waals surface area contributed by atoms with Crippen molar-refractivity contribution in [2.24, 2.45) is 0 Å². The van der Waals surface area contributed by atoms with Gasteiger partial charge in [-0.2, -0.15) is 23.3 Å². The van der Waals surface area contributed by atoms with Crippen LogP contribution in [0.3, 0.4) is 0 Å². The minimum Gasteiger partial charge on any atom is -0.295 e. The molecular weight excluding hydrogens is 633 g/mol. The molecule has 0 amide bonds. The van der Waals surface area contributed by atoms with Crippen molar-refractivity contribution in [2.75, 3.05) is 0 Å². The van der Waals surface area contributed by atoms with Crippen LogP contribution in [0.5, 0.6) is 0 Å². The summed E-state index contributed by atoms with van der Waals surface area (Å²) in [4.78, 5) is 8.80. The first-order valence-electron chi connectivity index (χ1n) is 11.3. The molecule has 0 aliphatic carbocycles. The van der Waals surface area contributed by atoms with Gasteiger partial charge in [-0.1, -0.05) is 74.0 Å². The number of rotatable bonds is 5.